The number of nitrogens with one attached hydrogen (secondary N) is 1. The smallest absolute Gasteiger partial charge is 0.248 e. The summed E-state index contributed by atoms with van der Waals surface area (Å²) in [6.45, 7) is 2.87. The van der Waals surface area contributed by atoms with Gasteiger partial charge >= 0.3 is 0 Å². The van der Waals surface area contributed by atoms with E-state index in [-0.39, 0.29) is 12.5 Å². The van der Waals surface area contributed by atoms with E-state index in [2.05, 4.69) is 49.6 Å². The summed E-state index contributed by atoms with van der Waals surface area (Å²) in [6.07, 6.45) is 9.10. The predicted octanol–water partition coefficient (Wildman–Crippen LogP) is 3.04. The number of anilines is 1. The summed E-state index contributed by atoms with van der Waals surface area (Å²) in [5.74, 6) is 1.42. The van der Waals surface area contributed by atoms with Gasteiger partial charge in [0.25, 0.3) is 0 Å². The minimum atomic E-state index is -0.00403. The van der Waals surface area contributed by atoms with Crippen LogP contribution >= 0.6 is 0 Å². The zero-order valence-electron chi connectivity index (χ0n) is 21.5. The van der Waals surface area contributed by atoms with E-state index in [1.165, 1.54) is 0 Å². The van der Waals surface area contributed by atoms with Gasteiger partial charge in [-0.1, -0.05) is 24.3 Å². The van der Waals surface area contributed by atoms with Gasteiger partial charge in [0, 0.05) is 50.2 Å². The Labute approximate surface area is 225 Å². The first-order valence-electron chi connectivity index (χ1n) is 12.7. The normalized spacial score (nSPS) is 13.7. The quantitative estimate of drug-likeness (QED) is 0.313. The van der Waals surface area contributed by atoms with Crippen LogP contribution in [0.15, 0.2) is 73.6 Å². The number of ether oxygens (including phenoxy) is 2. The van der Waals surface area contributed by atoms with Gasteiger partial charge < -0.3 is 19.7 Å². The van der Waals surface area contributed by atoms with Gasteiger partial charge in [-0.25, -0.2) is 15.0 Å². The average Bonchev–Trinajstić information content (AvgIpc) is 3.59. The number of rotatable bonds is 9. The molecule has 6 rings (SSSR count). The minimum Gasteiger partial charge on any atom is -0.492 e. The molecular weight excluding hydrogens is 496 g/mol. The molecule has 4 aromatic heterocycles. The predicted molar refractivity (Wildman–Crippen MR) is 145 cm³/mol. The molecule has 0 saturated carbocycles. The molecular formula is C28H28N8O3. The molecule has 1 aliphatic heterocycles. The molecule has 1 saturated heterocycles. The minimum absolute atomic E-state index is 0.00403. The molecule has 198 valence electrons. The van der Waals surface area contributed by atoms with E-state index >= 15 is 0 Å². The first-order valence-corrected chi connectivity index (χ1v) is 12.7. The fourth-order valence-electron chi connectivity index (χ4n) is 4.47. The largest absolute Gasteiger partial charge is 0.492 e. The molecule has 5 heterocycles. The number of carbonyl (C=O) groups is 1. The maximum Gasteiger partial charge on any atom is 0.248 e. The van der Waals surface area contributed by atoms with Crippen LogP contribution in [0.5, 0.6) is 5.75 Å². The van der Waals surface area contributed by atoms with Crippen LogP contribution in [0.4, 0.5) is 5.82 Å². The Morgan fingerprint density at radius 1 is 1.05 bits per heavy atom. The van der Waals surface area contributed by atoms with Crippen molar-refractivity contribution in [3.63, 3.8) is 0 Å². The van der Waals surface area contributed by atoms with Crippen molar-refractivity contribution in [2.45, 2.75) is 6.54 Å². The Kier molecular flexibility index (Phi) is 6.88. The van der Waals surface area contributed by atoms with Gasteiger partial charge in [0.1, 0.15) is 36.8 Å². The van der Waals surface area contributed by atoms with Crippen molar-refractivity contribution in [2.75, 3.05) is 38.2 Å². The van der Waals surface area contributed by atoms with Gasteiger partial charge in [0.2, 0.25) is 5.91 Å². The topological polar surface area (TPSA) is 112 Å². The van der Waals surface area contributed by atoms with E-state index in [4.69, 9.17) is 9.47 Å². The third kappa shape index (κ3) is 5.58. The lowest BCUT2D eigenvalue weighted by Crippen LogP contribution is -2.43. The molecule has 39 heavy (non-hydrogen) atoms. The highest BCUT2D eigenvalue weighted by Gasteiger charge is 2.18. The van der Waals surface area contributed by atoms with Gasteiger partial charge in [-0.2, -0.15) is 5.10 Å². The number of imidazole rings is 1. The molecule has 1 aliphatic rings. The second kappa shape index (κ2) is 10.9. The van der Waals surface area contributed by atoms with Crippen molar-refractivity contribution >= 4 is 17.4 Å². The van der Waals surface area contributed by atoms with E-state index in [1.807, 2.05) is 48.2 Å². The van der Waals surface area contributed by atoms with Crippen LogP contribution in [-0.2, 0) is 23.1 Å². The fourth-order valence-corrected chi connectivity index (χ4v) is 4.47. The van der Waals surface area contributed by atoms with E-state index in [9.17, 15) is 4.79 Å². The van der Waals surface area contributed by atoms with Gasteiger partial charge in [-0.15, -0.1) is 0 Å². The summed E-state index contributed by atoms with van der Waals surface area (Å²) in [5, 5.41) is 7.62. The summed E-state index contributed by atoms with van der Waals surface area (Å²) < 4.78 is 14.8. The van der Waals surface area contributed by atoms with Crippen LogP contribution in [0.1, 0.15) is 5.56 Å². The zero-order chi connectivity index (χ0) is 26.6. The lowest BCUT2D eigenvalue weighted by Gasteiger charge is -2.26. The van der Waals surface area contributed by atoms with Crippen LogP contribution in [0.25, 0.3) is 28.2 Å². The maximum atomic E-state index is 11.9. The molecule has 11 nitrogen and oxygen atoms in total. The van der Waals surface area contributed by atoms with Crippen LogP contribution in [0, 0.1) is 0 Å². The van der Waals surface area contributed by atoms with Gasteiger partial charge in [0.15, 0.2) is 0 Å². The number of aromatic nitrogens is 6. The molecule has 0 spiro atoms. The number of hydrogen-bond acceptors (Lipinski definition) is 8. The first kappa shape index (κ1) is 24.6. The van der Waals surface area contributed by atoms with Crippen molar-refractivity contribution in [1.29, 1.82) is 0 Å². The number of nitrogens with zero attached hydrogens (tertiary/aromatic N) is 7. The Bertz CT molecular complexity index is 1590. The van der Waals surface area contributed by atoms with Crippen LogP contribution in [0.3, 0.4) is 0 Å². The number of carbonyl (C=O) groups excluding carboxylic acids is 1. The summed E-state index contributed by atoms with van der Waals surface area (Å²) >= 11 is 0. The first-order chi connectivity index (χ1) is 19.1. The number of morpholine rings is 1. The monoisotopic (exact) mass is 524 g/mol. The summed E-state index contributed by atoms with van der Waals surface area (Å²) in [4.78, 5) is 27.0. The Morgan fingerprint density at radius 3 is 2.77 bits per heavy atom. The molecule has 1 N–H and O–H groups in total. The zero-order valence-corrected chi connectivity index (χ0v) is 21.5. The number of fused-ring (bicyclic) bond motifs is 1. The van der Waals surface area contributed by atoms with Crippen molar-refractivity contribution < 1.29 is 14.3 Å². The lowest BCUT2D eigenvalue weighted by atomic mass is 10.1. The summed E-state index contributed by atoms with van der Waals surface area (Å²) in [7, 11) is 1.91. The van der Waals surface area contributed by atoms with Crippen molar-refractivity contribution in [3.05, 3.63) is 79.1 Å². The van der Waals surface area contributed by atoms with Gasteiger partial charge in [-0.3, -0.25) is 13.9 Å². The SMILES string of the molecule is Cn1cc(-c2ccc(CNc3cc(-c4cnc5cc(OCCN6CCOCC6=O)ccn45)ncn3)cc2)cn1. The van der Waals surface area contributed by atoms with Crippen molar-refractivity contribution in [3.8, 4) is 28.3 Å². The van der Waals surface area contributed by atoms with Crippen molar-refractivity contribution in [2.24, 2.45) is 7.05 Å². The molecule has 1 aromatic carbocycles. The highest BCUT2D eigenvalue weighted by molar-refractivity contribution is 5.78. The Morgan fingerprint density at radius 2 is 1.95 bits per heavy atom. The number of amides is 1. The fraction of sp³-hybridized carbons (Fsp3) is 0.250. The second-order valence-electron chi connectivity index (χ2n) is 9.26. The van der Waals surface area contributed by atoms with Crippen LogP contribution in [-0.4, -0.2) is 72.9 Å². The molecule has 0 bridgehead atoms. The molecule has 0 radical (unpaired) electrons. The number of pyridine rings is 1. The molecule has 0 aliphatic carbocycles. The highest BCUT2D eigenvalue weighted by atomic mass is 16.5. The lowest BCUT2D eigenvalue weighted by molar-refractivity contribution is -0.143. The molecule has 1 fully saturated rings. The molecule has 11 heteroatoms. The third-order valence-corrected chi connectivity index (χ3v) is 6.59. The highest BCUT2D eigenvalue weighted by Crippen LogP contribution is 2.24. The number of hydrogen-bond donors (Lipinski definition) is 1. The van der Waals surface area contributed by atoms with Gasteiger partial charge in [-0.05, 0) is 17.2 Å². The molecule has 1 amide bonds. The maximum absolute atomic E-state index is 11.9. The average molecular weight is 525 g/mol. The van der Waals surface area contributed by atoms with E-state index in [1.54, 1.807) is 22.1 Å². The summed E-state index contributed by atoms with van der Waals surface area (Å²) in [5.41, 5.74) is 5.71. The standard InChI is InChI=1S/C28H28N8O3/c1-34-17-22(15-33-34)21-4-2-20(3-5-21)14-29-26-13-24(31-19-32-26)25-16-30-27-12-23(6-7-36(25)27)39-11-9-35-8-10-38-18-28(35)37/h2-7,12-13,15-17,19H,8-11,14,18H2,1H3,(H,29,31,32). The van der Waals surface area contributed by atoms with Crippen LogP contribution < -0.4 is 10.1 Å². The molecule has 0 atom stereocenters. The van der Waals surface area contributed by atoms with Gasteiger partial charge in [0.05, 0.1) is 36.9 Å². The van der Waals surface area contributed by atoms with Crippen LogP contribution in [0.2, 0.25) is 0 Å². The summed E-state index contributed by atoms with van der Waals surface area (Å²) in [6, 6.07) is 14.1. The Balaban J connectivity index is 1.09. The second-order valence-corrected chi connectivity index (χ2v) is 9.26. The third-order valence-electron chi connectivity index (χ3n) is 6.59. The van der Waals surface area contributed by atoms with E-state index < -0.39 is 0 Å². The Hall–Kier alpha value is -4.77. The number of benzene rings is 1. The molecule has 0 unspecified atom stereocenters. The van der Waals surface area contributed by atoms with E-state index in [0.717, 1.165) is 39.5 Å². The van der Waals surface area contributed by atoms with Crippen molar-refractivity contribution in [1.82, 2.24) is 34.0 Å². The number of aryl methyl sites for hydroxylation is 1. The molecule has 5 aromatic rings. The van der Waals surface area contributed by atoms with E-state index in [0.29, 0.717) is 38.6 Å².